The number of nitrogens with zero attached hydrogens (tertiary/aromatic N) is 1. The molecule has 0 amide bonds. The van der Waals surface area contributed by atoms with E-state index in [9.17, 15) is 8.78 Å². The van der Waals surface area contributed by atoms with Crippen molar-refractivity contribution in [3.63, 3.8) is 0 Å². The summed E-state index contributed by atoms with van der Waals surface area (Å²) in [7, 11) is 0. The zero-order valence-electron chi connectivity index (χ0n) is 13.0. The standard InChI is InChI=1S/C18H22F2N2O/c19-18(20)23-17-8-6-16(7-9-17)14-22(13-11-21)12-10-15-4-2-1-3-5-15/h1-9,18H,10-14,21H2. The molecule has 5 heteroatoms. The third kappa shape index (κ3) is 6.34. The number of halogens is 2. The lowest BCUT2D eigenvalue weighted by molar-refractivity contribution is -0.0498. The van der Waals surface area contributed by atoms with Gasteiger partial charge in [0.25, 0.3) is 0 Å². The lowest BCUT2D eigenvalue weighted by Crippen LogP contribution is -2.31. The van der Waals surface area contributed by atoms with Gasteiger partial charge in [0.1, 0.15) is 5.75 Å². The van der Waals surface area contributed by atoms with Gasteiger partial charge in [0.2, 0.25) is 0 Å². The van der Waals surface area contributed by atoms with Crippen molar-refractivity contribution in [3.8, 4) is 5.75 Å². The van der Waals surface area contributed by atoms with E-state index in [1.165, 1.54) is 5.56 Å². The molecule has 0 unspecified atom stereocenters. The Kier molecular flexibility index (Phi) is 6.97. The van der Waals surface area contributed by atoms with Crippen LogP contribution in [0.4, 0.5) is 8.78 Å². The third-order valence-corrected chi connectivity index (χ3v) is 3.56. The summed E-state index contributed by atoms with van der Waals surface area (Å²) in [5.41, 5.74) is 8.02. The summed E-state index contributed by atoms with van der Waals surface area (Å²) >= 11 is 0. The molecule has 2 rings (SSSR count). The van der Waals surface area contributed by atoms with E-state index in [0.29, 0.717) is 6.54 Å². The Morgan fingerprint density at radius 1 is 0.913 bits per heavy atom. The SMILES string of the molecule is NCCN(CCc1ccccc1)Cc1ccc(OC(F)F)cc1. The van der Waals surface area contributed by atoms with Crippen LogP contribution < -0.4 is 10.5 Å². The molecule has 3 nitrogen and oxygen atoms in total. The molecule has 2 aromatic carbocycles. The number of ether oxygens (including phenoxy) is 1. The largest absolute Gasteiger partial charge is 0.435 e. The molecule has 0 fully saturated rings. The molecule has 0 radical (unpaired) electrons. The molecule has 0 saturated carbocycles. The van der Waals surface area contributed by atoms with E-state index in [4.69, 9.17) is 5.73 Å². The van der Waals surface area contributed by atoms with Crippen LogP contribution in [-0.2, 0) is 13.0 Å². The molecule has 0 atom stereocenters. The van der Waals surface area contributed by atoms with E-state index >= 15 is 0 Å². The van der Waals surface area contributed by atoms with E-state index in [0.717, 1.165) is 31.6 Å². The third-order valence-electron chi connectivity index (χ3n) is 3.56. The van der Waals surface area contributed by atoms with Crippen LogP contribution in [0.2, 0.25) is 0 Å². The van der Waals surface area contributed by atoms with Crippen molar-refractivity contribution in [2.24, 2.45) is 5.73 Å². The van der Waals surface area contributed by atoms with Crippen LogP contribution in [0.25, 0.3) is 0 Å². The Morgan fingerprint density at radius 2 is 1.61 bits per heavy atom. The highest BCUT2D eigenvalue weighted by atomic mass is 19.3. The van der Waals surface area contributed by atoms with Crippen LogP contribution in [0.5, 0.6) is 5.75 Å². The smallest absolute Gasteiger partial charge is 0.387 e. The topological polar surface area (TPSA) is 38.5 Å². The predicted octanol–water partition coefficient (Wildman–Crippen LogP) is 3.29. The van der Waals surface area contributed by atoms with Crippen LogP contribution in [-0.4, -0.2) is 31.1 Å². The van der Waals surface area contributed by atoms with E-state index in [1.807, 2.05) is 30.3 Å². The lowest BCUT2D eigenvalue weighted by Gasteiger charge is -2.22. The molecule has 0 aliphatic rings. The molecule has 0 aliphatic carbocycles. The van der Waals surface area contributed by atoms with Gasteiger partial charge in [-0.05, 0) is 29.7 Å². The molecule has 0 heterocycles. The summed E-state index contributed by atoms with van der Waals surface area (Å²) in [6, 6.07) is 17.0. The minimum atomic E-state index is -2.79. The van der Waals surface area contributed by atoms with Crippen molar-refractivity contribution in [1.82, 2.24) is 4.90 Å². The van der Waals surface area contributed by atoms with E-state index in [2.05, 4.69) is 21.8 Å². The van der Waals surface area contributed by atoms with Crippen molar-refractivity contribution in [2.45, 2.75) is 19.6 Å². The Labute approximate surface area is 135 Å². The highest BCUT2D eigenvalue weighted by Crippen LogP contribution is 2.16. The van der Waals surface area contributed by atoms with Gasteiger partial charge < -0.3 is 10.5 Å². The Morgan fingerprint density at radius 3 is 2.22 bits per heavy atom. The van der Waals surface area contributed by atoms with Crippen molar-refractivity contribution in [2.75, 3.05) is 19.6 Å². The highest BCUT2D eigenvalue weighted by Gasteiger charge is 2.07. The average Bonchev–Trinajstić information content (AvgIpc) is 2.55. The molecule has 23 heavy (non-hydrogen) atoms. The number of hydrogen-bond acceptors (Lipinski definition) is 3. The summed E-state index contributed by atoms with van der Waals surface area (Å²) in [4.78, 5) is 2.26. The highest BCUT2D eigenvalue weighted by molar-refractivity contribution is 5.27. The van der Waals surface area contributed by atoms with Crippen molar-refractivity contribution >= 4 is 0 Å². The zero-order valence-corrected chi connectivity index (χ0v) is 13.0. The molecular weight excluding hydrogens is 298 g/mol. The van der Waals surface area contributed by atoms with Crippen molar-refractivity contribution in [1.29, 1.82) is 0 Å². The Bertz CT molecular complexity index is 561. The van der Waals surface area contributed by atoms with Gasteiger partial charge in [-0.2, -0.15) is 8.78 Å². The first-order valence-electron chi connectivity index (χ1n) is 7.67. The van der Waals surface area contributed by atoms with Gasteiger partial charge in [-0.1, -0.05) is 42.5 Å². The number of hydrogen-bond donors (Lipinski definition) is 1. The maximum absolute atomic E-state index is 12.1. The second kappa shape index (κ2) is 9.22. The molecule has 0 saturated heterocycles. The maximum atomic E-state index is 12.1. The van der Waals surface area contributed by atoms with E-state index in [-0.39, 0.29) is 5.75 Å². The zero-order chi connectivity index (χ0) is 16.5. The first-order chi connectivity index (χ1) is 11.2. The molecule has 2 N–H and O–H groups in total. The normalized spacial score (nSPS) is 11.2. The molecule has 124 valence electrons. The van der Waals surface area contributed by atoms with Gasteiger partial charge in [0, 0.05) is 26.2 Å². The molecule has 0 aliphatic heterocycles. The van der Waals surface area contributed by atoms with Gasteiger partial charge in [-0.25, -0.2) is 0 Å². The fraction of sp³-hybridized carbons (Fsp3) is 0.333. The van der Waals surface area contributed by atoms with Crippen LogP contribution in [0.3, 0.4) is 0 Å². The van der Waals surface area contributed by atoms with Crippen LogP contribution in [0.15, 0.2) is 54.6 Å². The minimum Gasteiger partial charge on any atom is -0.435 e. The first-order valence-corrected chi connectivity index (χ1v) is 7.67. The predicted molar refractivity (Wildman–Crippen MR) is 87.6 cm³/mol. The Hall–Kier alpha value is -1.98. The lowest BCUT2D eigenvalue weighted by atomic mass is 10.1. The number of alkyl halides is 2. The maximum Gasteiger partial charge on any atom is 0.387 e. The summed E-state index contributed by atoms with van der Waals surface area (Å²) in [5.74, 6) is 0.179. The van der Waals surface area contributed by atoms with Crippen LogP contribution in [0.1, 0.15) is 11.1 Å². The fourth-order valence-corrected chi connectivity index (χ4v) is 2.42. The quantitative estimate of drug-likeness (QED) is 0.770. The molecule has 0 spiro atoms. The van der Waals surface area contributed by atoms with Crippen LogP contribution in [0, 0.1) is 0 Å². The van der Waals surface area contributed by atoms with Gasteiger partial charge >= 0.3 is 6.61 Å². The summed E-state index contributed by atoms with van der Waals surface area (Å²) < 4.78 is 28.7. The second-order valence-electron chi connectivity index (χ2n) is 5.32. The van der Waals surface area contributed by atoms with Crippen LogP contribution >= 0.6 is 0 Å². The number of nitrogens with two attached hydrogens (primary N) is 1. The van der Waals surface area contributed by atoms with Crippen molar-refractivity contribution in [3.05, 3.63) is 65.7 Å². The molecular formula is C18H22F2N2O. The van der Waals surface area contributed by atoms with E-state index < -0.39 is 6.61 Å². The summed E-state index contributed by atoms with van der Waals surface area (Å²) in [5, 5.41) is 0. The number of benzene rings is 2. The van der Waals surface area contributed by atoms with Crippen molar-refractivity contribution < 1.29 is 13.5 Å². The monoisotopic (exact) mass is 320 g/mol. The van der Waals surface area contributed by atoms with E-state index in [1.54, 1.807) is 12.1 Å². The van der Waals surface area contributed by atoms with Gasteiger partial charge in [0.05, 0.1) is 0 Å². The minimum absolute atomic E-state index is 0.179. The Balaban J connectivity index is 1.90. The van der Waals surface area contributed by atoms with Gasteiger partial charge in [0.15, 0.2) is 0 Å². The second-order valence-corrected chi connectivity index (χ2v) is 5.32. The van der Waals surface area contributed by atoms with Gasteiger partial charge in [-0.15, -0.1) is 0 Å². The first kappa shape index (κ1) is 17.4. The summed E-state index contributed by atoms with van der Waals surface area (Å²) in [6.45, 7) is 0.222. The fourth-order valence-electron chi connectivity index (χ4n) is 2.42. The van der Waals surface area contributed by atoms with Gasteiger partial charge in [-0.3, -0.25) is 4.90 Å². The molecule has 0 aromatic heterocycles. The molecule has 0 bridgehead atoms. The summed E-state index contributed by atoms with van der Waals surface area (Å²) in [6.07, 6.45) is 0.952. The average molecular weight is 320 g/mol. The molecule has 2 aromatic rings. The number of rotatable bonds is 9.